The van der Waals surface area contributed by atoms with Crippen LogP contribution in [0.25, 0.3) is 22.6 Å². The van der Waals surface area contributed by atoms with Gasteiger partial charge in [-0.15, -0.1) is 0 Å². The number of carbonyl (C=O) groups excluding carboxylic acids is 1. The molecular formula is C29H35N3O5Si. The molecule has 0 unspecified atom stereocenters. The molecule has 2 heterocycles. The van der Waals surface area contributed by atoms with Crippen LogP contribution in [0, 0.1) is 0 Å². The average Bonchev–Trinajstić information content (AvgIpc) is 3.27. The maximum atomic E-state index is 12.8. The molecule has 0 fully saturated rings. The molecule has 38 heavy (non-hydrogen) atoms. The van der Waals surface area contributed by atoms with E-state index in [9.17, 15) is 4.79 Å². The smallest absolute Gasteiger partial charge is 0.341 e. The second-order valence-electron chi connectivity index (χ2n) is 10.2. The van der Waals surface area contributed by atoms with E-state index < -0.39 is 14.0 Å². The summed E-state index contributed by atoms with van der Waals surface area (Å²) in [6.45, 7) is 8.55. The lowest BCUT2D eigenvalue weighted by Crippen LogP contribution is -2.22. The van der Waals surface area contributed by atoms with Crippen molar-refractivity contribution >= 4 is 25.1 Å². The third-order valence-corrected chi connectivity index (χ3v) is 7.82. The Bertz CT molecular complexity index is 1370. The van der Waals surface area contributed by atoms with E-state index in [0.29, 0.717) is 47.3 Å². The first-order valence-corrected chi connectivity index (χ1v) is 16.4. The number of methoxy groups -OCH3 is 2. The molecule has 0 amide bonds. The van der Waals surface area contributed by atoms with Gasteiger partial charge in [-0.25, -0.2) is 9.78 Å². The highest BCUT2D eigenvalue weighted by Crippen LogP contribution is 2.33. The summed E-state index contributed by atoms with van der Waals surface area (Å²) >= 11 is 0. The van der Waals surface area contributed by atoms with Crippen molar-refractivity contribution in [2.45, 2.75) is 38.8 Å². The number of pyridine rings is 1. The number of rotatable bonds is 12. The highest BCUT2D eigenvalue weighted by atomic mass is 28.3. The van der Waals surface area contributed by atoms with Crippen LogP contribution in [0.2, 0.25) is 25.7 Å². The van der Waals surface area contributed by atoms with Gasteiger partial charge in [-0.3, -0.25) is 9.55 Å². The van der Waals surface area contributed by atoms with E-state index in [4.69, 9.17) is 23.9 Å². The molecule has 4 rings (SSSR count). The van der Waals surface area contributed by atoms with Gasteiger partial charge in [0, 0.05) is 34.1 Å². The summed E-state index contributed by atoms with van der Waals surface area (Å²) < 4.78 is 24.4. The SMILES string of the molecule is COCCc1ccc(Oc2cc3nc(-c4ccccn4)n(COCC[Si](C)(C)C)c3cc2C(=O)OC)cc1. The van der Waals surface area contributed by atoms with Crippen LogP contribution in [0.1, 0.15) is 15.9 Å². The van der Waals surface area contributed by atoms with Crippen molar-refractivity contribution in [3.63, 3.8) is 0 Å². The van der Waals surface area contributed by atoms with Crippen molar-refractivity contribution in [2.75, 3.05) is 27.4 Å². The standard InChI is InChI=1S/C29H35N3O5Si/c1-34-15-13-21-9-11-22(12-10-21)37-27-19-25-26(18-23(27)29(33)35-2)32(20-36-16-17-38(3,4)5)28(31-25)24-8-6-7-14-30-24/h6-12,14,18-19H,13,15-17,20H2,1-5H3. The molecular weight excluding hydrogens is 498 g/mol. The number of hydrogen-bond acceptors (Lipinski definition) is 7. The van der Waals surface area contributed by atoms with Gasteiger partial charge in [0.1, 0.15) is 29.5 Å². The molecule has 200 valence electrons. The van der Waals surface area contributed by atoms with Gasteiger partial charge in [0.25, 0.3) is 0 Å². The Balaban J connectivity index is 1.73. The van der Waals surface area contributed by atoms with E-state index in [1.54, 1.807) is 25.4 Å². The highest BCUT2D eigenvalue weighted by molar-refractivity contribution is 6.76. The number of benzene rings is 2. The van der Waals surface area contributed by atoms with Gasteiger partial charge in [-0.05, 0) is 48.4 Å². The molecule has 0 aliphatic carbocycles. The molecule has 8 nitrogen and oxygen atoms in total. The fourth-order valence-corrected chi connectivity index (χ4v) is 4.69. The van der Waals surface area contributed by atoms with Crippen LogP contribution in [0.3, 0.4) is 0 Å². The van der Waals surface area contributed by atoms with Crippen LogP contribution in [-0.4, -0.2) is 56.0 Å². The lowest BCUT2D eigenvalue weighted by Gasteiger charge is -2.16. The predicted molar refractivity (Wildman–Crippen MR) is 151 cm³/mol. The van der Waals surface area contributed by atoms with Crippen LogP contribution in [0.4, 0.5) is 0 Å². The molecule has 2 aromatic heterocycles. The fraction of sp³-hybridized carbons (Fsp3) is 0.345. The number of imidazole rings is 1. The predicted octanol–water partition coefficient (Wildman–Crippen LogP) is 6.18. The zero-order valence-electron chi connectivity index (χ0n) is 22.7. The van der Waals surface area contributed by atoms with Crippen LogP contribution < -0.4 is 4.74 Å². The van der Waals surface area contributed by atoms with Crippen molar-refractivity contribution in [3.05, 3.63) is 71.9 Å². The van der Waals surface area contributed by atoms with Gasteiger partial charge < -0.3 is 18.9 Å². The molecule has 0 aliphatic rings. The van der Waals surface area contributed by atoms with Gasteiger partial charge in [-0.2, -0.15) is 0 Å². The van der Waals surface area contributed by atoms with Crippen molar-refractivity contribution in [1.82, 2.24) is 14.5 Å². The van der Waals surface area contributed by atoms with Crippen molar-refractivity contribution in [1.29, 1.82) is 0 Å². The van der Waals surface area contributed by atoms with Gasteiger partial charge in [-0.1, -0.05) is 37.8 Å². The fourth-order valence-electron chi connectivity index (χ4n) is 3.93. The minimum atomic E-state index is -1.24. The minimum Gasteiger partial charge on any atom is -0.465 e. The molecule has 0 saturated carbocycles. The molecule has 4 aromatic rings. The van der Waals surface area contributed by atoms with E-state index in [0.717, 1.165) is 23.5 Å². The summed E-state index contributed by atoms with van der Waals surface area (Å²) in [6.07, 6.45) is 2.54. The molecule has 9 heteroatoms. The number of carbonyl (C=O) groups is 1. The van der Waals surface area contributed by atoms with E-state index in [2.05, 4.69) is 24.6 Å². The van der Waals surface area contributed by atoms with E-state index >= 15 is 0 Å². The second kappa shape index (κ2) is 12.3. The molecule has 0 spiro atoms. The summed E-state index contributed by atoms with van der Waals surface area (Å²) in [7, 11) is 1.80. The summed E-state index contributed by atoms with van der Waals surface area (Å²) in [5, 5.41) is 0. The third kappa shape index (κ3) is 6.86. The van der Waals surface area contributed by atoms with Crippen LogP contribution in [0.15, 0.2) is 60.8 Å². The summed E-state index contributed by atoms with van der Waals surface area (Å²) in [6, 6.07) is 18.0. The molecule has 0 atom stereocenters. The normalized spacial score (nSPS) is 11.6. The number of esters is 1. The maximum absolute atomic E-state index is 12.8. The summed E-state index contributed by atoms with van der Waals surface area (Å²) in [5.74, 6) is 1.13. The first-order valence-electron chi connectivity index (χ1n) is 12.7. The zero-order valence-corrected chi connectivity index (χ0v) is 23.7. The number of hydrogen-bond donors (Lipinski definition) is 0. The second-order valence-corrected chi connectivity index (χ2v) is 15.9. The lowest BCUT2D eigenvalue weighted by molar-refractivity contribution is 0.0597. The topological polar surface area (TPSA) is 84.7 Å². The first-order chi connectivity index (χ1) is 18.3. The number of nitrogens with zero attached hydrogens (tertiary/aromatic N) is 3. The van der Waals surface area contributed by atoms with E-state index in [1.165, 1.54) is 7.11 Å². The number of fused-ring (bicyclic) bond motifs is 1. The lowest BCUT2D eigenvalue weighted by atomic mass is 10.1. The Morgan fingerprint density at radius 3 is 2.45 bits per heavy atom. The highest BCUT2D eigenvalue weighted by Gasteiger charge is 2.21. The summed E-state index contributed by atoms with van der Waals surface area (Å²) in [5.41, 5.74) is 3.56. The van der Waals surface area contributed by atoms with Crippen molar-refractivity contribution in [3.8, 4) is 23.0 Å². The van der Waals surface area contributed by atoms with Gasteiger partial charge >= 0.3 is 5.97 Å². The average molecular weight is 534 g/mol. The maximum Gasteiger partial charge on any atom is 0.341 e. The van der Waals surface area contributed by atoms with Crippen molar-refractivity contribution < 1.29 is 23.7 Å². The van der Waals surface area contributed by atoms with Crippen LogP contribution >= 0.6 is 0 Å². The molecule has 0 bridgehead atoms. The van der Waals surface area contributed by atoms with Crippen LogP contribution in [-0.2, 0) is 27.4 Å². The Labute approximate surface area is 224 Å². The van der Waals surface area contributed by atoms with E-state index in [-0.39, 0.29) is 6.73 Å². The molecule has 0 saturated heterocycles. The Morgan fingerprint density at radius 1 is 1.00 bits per heavy atom. The Kier molecular flexibility index (Phi) is 8.93. The number of ether oxygens (including phenoxy) is 4. The van der Waals surface area contributed by atoms with Gasteiger partial charge in [0.2, 0.25) is 0 Å². The monoisotopic (exact) mass is 533 g/mol. The number of aromatic nitrogens is 3. The molecule has 0 radical (unpaired) electrons. The molecule has 0 N–H and O–H groups in total. The van der Waals surface area contributed by atoms with Crippen molar-refractivity contribution in [2.24, 2.45) is 0 Å². The quantitative estimate of drug-likeness (QED) is 0.122. The van der Waals surface area contributed by atoms with Gasteiger partial charge in [0.15, 0.2) is 5.82 Å². The third-order valence-electron chi connectivity index (χ3n) is 6.11. The molecule has 0 aliphatic heterocycles. The van der Waals surface area contributed by atoms with E-state index in [1.807, 2.05) is 47.0 Å². The Hall–Kier alpha value is -3.53. The minimum absolute atomic E-state index is 0.288. The Morgan fingerprint density at radius 2 is 1.79 bits per heavy atom. The van der Waals surface area contributed by atoms with Gasteiger partial charge in [0.05, 0.1) is 24.8 Å². The summed E-state index contributed by atoms with van der Waals surface area (Å²) in [4.78, 5) is 22.2. The first kappa shape index (κ1) is 27.5. The molecule has 2 aromatic carbocycles. The zero-order chi connectivity index (χ0) is 27.1. The van der Waals surface area contributed by atoms with Crippen LogP contribution in [0.5, 0.6) is 11.5 Å². The largest absolute Gasteiger partial charge is 0.465 e.